The Morgan fingerprint density at radius 2 is 1.83 bits per heavy atom. The highest BCUT2D eigenvalue weighted by Gasteiger charge is 2.35. The summed E-state index contributed by atoms with van der Waals surface area (Å²) in [6, 6.07) is 20.9. The lowest BCUT2D eigenvalue weighted by atomic mass is 9.99. The zero-order chi connectivity index (χ0) is 29.8. The zero-order valence-electron chi connectivity index (χ0n) is 23.6. The second kappa shape index (κ2) is 12.6. The number of aromatic nitrogens is 1. The first-order valence-electron chi connectivity index (χ1n) is 13.7. The molecular weight excluding hydrogens is 554 g/mol. The Balaban J connectivity index is 1.45. The third kappa shape index (κ3) is 6.22. The molecular formula is C31H33N5O5S. The molecule has 3 atom stereocenters. The molecule has 3 N–H and O–H groups in total. The summed E-state index contributed by atoms with van der Waals surface area (Å²) in [5.41, 5.74) is 1.96. The van der Waals surface area contributed by atoms with Crippen LogP contribution in [0.3, 0.4) is 0 Å². The Bertz CT molecular complexity index is 1560. The predicted octanol–water partition coefficient (Wildman–Crippen LogP) is 4.93. The van der Waals surface area contributed by atoms with Gasteiger partial charge in [0, 0.05) is 25.2 Å². The summed E-state index contributed by atoms with van der Waals surface area (Å²) in [5.74, 6) is -0.757. The van der Waals surface area contributed by atoms with Crippen molar-refractivity contribution in [2.45, 2.75) is 26.0 Å². The molecule has 1 aliphatic heterocycles. The Morgan fingerprint density at radius 3 is 2.57 bits per heavy atom. The van der Waals surface area contributed by atoms with Crippen molar-refractivity contribution < 1.29 is 24.2 Å². The molecule has 4 aromatic rings. The van der Waals surface area contributed by atoms with Gasteiger partial charge in [0.25, 0.3) is 11.8 Å². The third-order valence-corrected chi connectivity index (χ3v) is 8.29. The van der Waals surface area contributed by atoms with E-state index in [0.29, 0.717) is 17.9 Å². The van der Waals surface area contributed by atoms with Crippen LogP contribution in [0.15, 0.2) is 72.8 Å². The quantitative estimate of drug-likeness (QED) is 0.282. The fourth-order valence-corrected chi connectivity index (χ4v) is 5.66. The number of carbonyl (C=O) groups excluding carboxylic acids is 3. The minimum absolute atomic E-state index is 0.203. The van der Waals surface area contributed by atoms with Crippen molar-refractivity contribution >= 4 is 50.8 Å². The average molecular weight is 588 g/mol. The van der Waals surface area contributed by atoms with Gasteiger partial charge in [-0.1, -0.05) is 43.3 Å². The molecule has 0 saturated heterocycles. The van der Waals surface area contributed by atoms with Crippen molar-refractivity contribution in [2.75, 3.05) is 37.4 Å². The molecule has 0 saturated carbocycles. The first kappa shape index (κ1) is 29.0. The van der Waals surface area contributed by atoms with Crippen LogP contribution in [0.5, 0.6) is 5.75 Å². The molecule has 0 spiro atoms. The molecule has 0 aliphatic carbocycles. The molecule has 3 aromatic carbocycles. The number of aliphatic hydroxyl groups excluding tert-OH is 1. The normalized spacial score (nSPS) is 17.4. The van der Waals surface area contributed by atoms with Crippen LogP contribution in [0, 0.1) is 5.92 Å². The van der Waals surface area contributed by atoms with Gasteiger partial charge in [0.15, 0.2) is 10.8 Å². The molecule has 1 aliphatic rings. The second-order valence-corrected chi connectivity index (χ2v) is 11.5. The minimum Gasteiger partial charge on any atom is -0.485 e. The highest BCUT2D eigenvalue weighted by Crippen LogP contribution is 2.35. The molecule has 0 radical (unpaired) electrons. The van der Waals surface area contributed by atoms with Gasteiger partial charge in [-0.15, -0.1) is 11.3 Å². The molecule has 218 valence electrons. The number of hydrogen-bond donors (Lipinski definition) is 3. The topological polar surface area (TPSA) is 124 Å². The summed E-state index contributed by atoms with van der Waals surface area (Å²) in [5, 5.41) is 16.0. The van der Waals surface area contributed by atoms with Crippen LogP contribution < -0.4 is 15.4 Å². The average Bonchev–Trinajstić information content (AvgIpc) is 3.44. The van der Waals surface area contributed by atoms with E-state index in [1.54, 1.807) is 49.2 Å². The number of benzene rings is 3. The Hall–Kier alpha value is -4.48. The molecule has 11 heteroatoms. The van der Waals surface area contributed by atoms with Crippen LogP contribution in [-0.2, 0) is 0 Å². The summed E-state index contributed by atoms with van der Waals surface area (Å²) in [4.78, 5) is 47.6. The fraction of sp³-hybridized carbons (Fsp3) is 0.290. The number of nitrogens with one attached hydrogen (secondary N) is 2. The number of para-hydroxylation sites is 3. The maximum Gasteiger partial charge on any atom is 0.321 e. The number of nitrogens with zero attached hydrogens (tertiary/aromatic N) is 3. The molecule has 2 heterocycles. The summed E-state index contributed by atoms with van der Waals surface area (Å²) in [6.45, 7) is 4.01. The number of urea groups is 1. The van der Waals surface area contributed by atoms with Crippen LogP contribution in [0.2, 0.25) is 0 Å². The van der Waals surface area contributed by atoms with Crippen molar-refractivity contribution in [3.8, 4) is 5.75 Å². The molecule has 42 heavy (non-hydrogen) atoms. The first-order chi connectivity index (χ1) is 20.2. The van der Waals surface area contributed by atoms with Crippen molar-refractivity contribution in [2.24, 2.45) is 5.92 Å². The van der Waals surface area contributed by atoms with Crippen LogP contribution in [0.4, 0.5) is 16.2 Å². The largest absolute Gasteiger partial charge is 0.485 e. The molecule has 0 bridgehead atoms. The standard InChI is InChI=1S/C31H33N5O5S/c1-19-16-36(20(2)18-37)30(39)22-12-9-14-24(33-28(38)29-34-23-13-7-8-15-26(23)42-29)27(22)41-25(19)17-35(3)31(40)32-21-10-5-4-6-11-21/h4-15,19-20,25,37H,16-18H2,1-3H3,(H,32,40)(H,33,38)/t19-,20-,25-/m0/s1. The number of carbonyl (C=O) groups is 3. The van der Waals surface area contributed by atoms with E-state index in [0.717, 1.165) is 10.2 Å². The van der Waals surface area contributed by atoms with Crippen molar-refractivity contribution in [3.63, 3.8) is 0 Å². The van der Waals surface area contributed by atoms with Gasteiger partial charge < -0.3 is 30.3 Å². The van der Waals surface area contributed by atoms with E-state index >= 15 is 0 Å². The Kier molecular flexibility index (Phi) is 8.69. The molecule has 0 fully saturated rings. The van der Waals surface area contributed by atoms with Gasteiger partial charge in [-0.05, 0) is 43.3 Å². The van der Waals surface area contributed by atoms with Gasteiger partial charge >= 0.3 is 6.03 Å². The number of anilines is 2. The van der Waals surface area contributed by atoms with E-state index in [9.17, 15) is 19.5 Å². The van der Waals surface area contributed by atoms with E-state index in [1.807, 2.05) is 49.4 Å². The number of hydrogen-bond acceptors (Lipinski definition) is 7. The van der Waals surface area contributed by atoms with Gasteiger partial charge in [-0.25, -0.2) is 9.78 Å². The molecule has 10 nitrogen and oxygen atoms in total. The third-order valence-electron chi connectivity index (χ3n) is 7.25. The predicted molar refractivity (Wildman–Crippen MR) is 163 cm³/mol. The van der Waals surface area contributed by atoms with Gasteiger partial charge in [-0.2, -0.15) is 0 Å². The number of rotatable bonds is 7. The smallest absolute Gasteiger partial charge is 0.321 e. The van der Waals surface area contributed by atoms with E-state index in [-0.39, 0.29) is 47.3 Å². The summed E-state index contributed by atoms with van der Waals surface area (Å²) in [6.07, 6.45) is -0.544. The lowest BCUT2D eigenvalue weighted by molar-refractivity contribution is 0.0372. The van der Waals surface area contributed by atoms with E-state index < -0.39 is 18.1 Å². The second-order valence-electron chi connectivity index (χ2n) is 10.4. The number of fused-ring (bicyclic) bond motifs is 2. The molecule has 0 unspecified atom stereocenters. The van der Waals surface area contributed by atoms with Crippen molar-refractivity contribution in [3.05, 3.63) is 83.4 Å². The van der Waals surface area contributed by atoms with Crippen LogP contribution in [-0.4, -0.2) is 76.6 Å². The molecule has 1 aromatic heterocycles. The zero-order valence-corrected chi connectivity index (χ0v) is 24.4. The lowest BCUT2D eigenvalue weighted by Crippen LogP contribution is -2.50. The summed E-state index contributed by atoms with van der Waals surface area (Å²) < 4.78 is 7.40. The van der Waals surface area contributed by atoms with Crippen molar-refractivity contribution in [1.82, 2.24) is 14.8 Å². The highest BCUT2D eigenvalue weighted by atomic mass is 32.1. The number of thiazole rings is 1. The summed E-state index contributed by atoms with van der Waals surface area (Å²) in [7, 11) is 1.67. The maximum atomic E-state index is 13.7. The van der Waals surface area contributed by atoms with Crippen LogP contribution in [0.25, 0.3) is 10.2 Å². The Morgan fingerprint density at radius 1 is 1.10 bits per heavy atom. The van der Waals surface area contributed by atoms with E-state index in [2.05, 4.69) is 15.6 Å². The minimum atomic E-state index is -0.544. The number of aliphatic hydroxyl groups is 1. The molecule has 5 rings (SSSR count). The van der Waals surface area contributed by atoms with Crippen LogP contribution >= 0.6 is 11.3 Å². The molecule has 4 amide bonds. The fourth-order valence-electron chi connectivity index (χ4n) is 4.80. The summed E-state index contributed by atoms with van der Waals surface area (Å²) >= 11 is 1.27. The van der Waals surface area contributed by atoms with Crippen molar-refractivity contribution in [1.29, 1.82) is 0 Å². The monoisotopic (exact) mass is 587 g/mol. The number of amides is 4. The first-order valence-corrected chi connectivity index (χ1v) is 14.5. The highest BCUT2D eigenvalue weighted by molar-refractivity contribution is 7.20. The van der Waals surface area contributed by atoms with Gasteiger partial charge in [0.05, 0.1) is 40.7 Å². The van der Waals surface area contributed by atoms with Gasteiger partial charge in [-0.3, -0.25) is 9.59 Å². The van der Waals surface area contributed by atoms with Gasteiger partial charge in [0.1, 0.15) is 6.10 Å². The maximum absolute atomic E-state index is 13.7. The Labute approximate surface area is 247 Å². The number of likely N-dealkylation sites (N-methyl/N-ethyl adjacent to an activating group) is 1. The lowest BCUT2D eigenvalue weighted by Gasteiger charge is -2.38. The number of ether oxygens (including phenoxy) is 1. The van der Waals surface area contributed by atoms with Crippen LogP contribution in [0.1, 0.15) is 34.0 Å². The van der Waals surface area contributed by atoms with Gasteiger partial charge in [0.2, 0.25) is 0 Å². The van der Waals surface area contributed by atoms with E-state index in [1.165, 1.54) is 16.2 Å². The van der Waals surface area contributed by atoms with E-state index in [4.69, 9.17) is 4.74 Å². The SMILES string of the molecule is C[C@H]1CN([C@@H](C)CO)C(=O)c2cccc(NC(=O)c3nc4ccccc4s3)c2O[C@H]1CN(C)C(=O)Nc1ccccc1.